The summed E-state index contributed by atoms with van der Waals surface area (Å²) in [6, 6.07) is 14.5. The Balaban J connectivity index is 1.74. The van der Waals surface area contributed by atoms with Crippen molar-refractivity contribution in [3.8, 4) is 5.75 Å². The highest BCUT2D eigenvalue weighted by atomic mass is 16.5. The second-order valence-corrected chi connectivity index (χ2v) is 8.60. The maximum Gasteiger partial charge on any atom is 0.318 e. The lowest BCUT2D eigenvalue weighted by molar-refractivity contribution is 0.179. The van der Waals surface area contributed by atoms with Gasteiger partial charge in [-0.1, -0.05) is 43.7 Å². The van der Waals surface area contributed by atoms with Crippen LogP contribution < -0.4 is 10.1 Å². The molecule has 4 rings (SSSR count). The Kier molecular flexibility index (Phi) is 5.71. The molecule has 1 aliphatic rings. The first kappa shape index (κ1) is 20.3. The third kappa shape index (κ3) is 3.89. The molecule has 0 bridgehead atoms. The van der Waals surface area contributed by atoms with E-state index in [1.807, 2.05) is 11.0 Å². The van der Waals surface area contributed by atoms with Gasteiger partial charge in [0, 0.05) is 29.7 Å². The van der Waals surface area contributed by atoms with Crippen LogP contribution in [0.15, 0.2) is 42.5 Å². The maximum absolute atomic E-state index is 13.1. The van der Waals surface area contributed by atoms with Crippen molar-refractivity contribution in [3.05, 3.63) is 64.8 Å². The highest BCUT2D eigenvalue weighted by Gasteiger charge is 2.34. The molecule has 2 heterocycles. The number of carbonyl (C=O) groups excluding carboxylic acids is 1. The molecule has 1 atom stereocenters. The summed E-state index contributed by atoms with van der Waals surface area (Å²) in [5.74, 6) is 1.42. The third-order valence-corrected chi connectivity index (χ3v) is 5.99. The summed E-state index contributed by atoms with van der Waals surface area (Å²) in [6.45, 7) is 7.82. The number of nitrogens with zero attached hydrogens (tertiary/aromatic N) is 1. The predicted octanol–water partition coefficient (Wildman–Crippen LogP) is 5.19. The molecule has 0 unspecified atom stereocenters. The fraction of sp³-hybridized carbons (Fsp3) is 0.400. The van der Waals surface area contributed by atoms with Gasteiger partial charge in [0.15, 0.2) is 0 Å². The van der Waals surface area contributed by atoms with Crippen molar-refractivity contribution in [3.63, 3.8) is 0 Å². The summed E-state index contributed by atoms with van der Waals surface area (Å²) >= 11 is 0. The van der Waals surface area contributed by atoms with Crippen molar-refractivity contribution in [1.82, 2.24) is 15.2 Å². The van der Waals surface area contributed by atoms with Gasteiger partial charge in [0.2, 0.25) is 0 Å². The van der Waals surface area contributed by atoms with Gasteiger partial charge in [0.25, 0.3) is 0 Å². The van der Waals surface area contributed by atoms with Crippen molar-refractivity contribution in [2.24, 2.45) is 5.92 Å². The number of hydrogen-bond acceptors (Lipinski definition) is 2. The number of aromatic amines is 1. The van der Waals surface area contributed by atoms with E-state index in [1.54, 1.807) is 7.11 Å². The highest BCUT2D eigenvalue weighted by Crippen LogP contribution is 2.39. The van der Waals surface area contributed by atoms with Crippen LogP contribution in [0.25, 0.3) is 10.9 Å². The van der Waals surface area contributed by atoms with Gasteiger partial charge in [-0.05, 0) is 55.0 Å². The maximum atomic E-state index is 13.1. The molecule has 2 amide bonds. The number of hydrogen-bond donors (Lipinski definition) is 2. The monoisotopic (exact) mass is 405 g/mol. The van der Waals surface area contributed by atoms with Crippen LogP contribution in [0.1, 0.15) is 48.7 Å². The first-order valence-corrected chi connectivity index (χ1v) is 10.8. The van der Waals surface area contributed by atoms with Gasteiger partial charge in [-0.2, -0.15) is 0 Å². The number of ether oxygens (including phenoxy) is 1. The van der Waals surface area contributed by atoms with E-state index in [4.69, 9.17) is 4.74 Å². The van der Waals surface area contributed by atoms with Crippen LogP contribution >= 0.6 is 0 Å². The average molecular weight is 406 g/mol. The lowest BCUT2D eigenvalue weighted by Crippen LogP contribution is -2.46. The number of aryl methyl sites for hydroxylation is 1. The Morgan fingerprint density at radius 2 is 2.00 bits per heavy atom. The van der Waals surface area contributed by atoms with Crippen molar-refractivity contribution >= 4 is 16.9 Å². The summed E-state index contributed by atoms with van der Waals surface area (Å²) in [4.78, 5) is 18.7. The van der Waals surface area contributed by atoms with Gasteiger partial charge in [0.1, 0.15) is 5.75 Å². The third-order valence-electron chi connectivity index (χ3n) is 5.99. The largest absolute Gasteiger partial charge is 0.497 e. The molecule has 2 N–H and O–H groups in total. The molecule has 0 radical (unpaired) electrons. The molecule has 1 aliphatic heterocycles. The molecular formula is C25H31N3O2. The molecule has 0 aliphatic carbocycles. The van der Waals surface area contributed by atoms with E-state index in [9.17, 15) is 4.79 Å². The zero-order valence-electron chi connectivity index (χ0n) is 18.3. The Morgan fingerprint density at radius 1 is 1.23 bits per heavy atom. The van der Waals surface area contributed by atoms with Crippen LogP contribution in [-0.4, -0.2) is 36.1 Å². The predicted molar refractivity (Wildman–Crippen MR) is 121 cm³/mol. The van der Waals surface area contributed by atoms with Gasteiger partial charge >= 0.3 is 6.03 Å². The van der Waals surface area contributed by atoms with Crippen LogP contribution in [0, 0.1) is 12.8 Å². The second kappa shape index (κ2) is 8.42. The number of aromatic nitrogens is 1. The smallest absolute Gasteiger partial charge is 0.318 e. The number of carbonyl (C=O) groups is 1. The lowest BCUT2D eigenvalue weighted by Gasteiger charge is -2.36. The Labute approximate surface area is 178 Å². The summed E-state index contributed by atoms with van der Waals surface area (Å²) in [7, 11) is 1.69. The van der Waals surface area contributed by atoms with Gasteiger partial charge < -0.3 is 19.9 Å². The van der Waals surface area contributed by atoms with Crippen LogP contribution in [0.4, 0.5) is 4.79 Å². The summed E-state index contributed by atoms with van der Waals surface area (Å²) < 4.78 is 5.44. The highest BCUT2D eigenvalue weighted by molar-refractivity contribution is 5.87. The molecule has 0 saturated heterocycles. The molecule has 3 aromatic rings. The minimum absolute atomic E-state index is 0.00288. The van der Waals surface area contributed by atoms with Crippen molar-refractivity contribution in [2.45, 2.75) is 39.7 Å². The molecule has 5 nitrogen and oxygen atoms in total. The molecule has 0 fully saturated rings. The fourth-order valence-electron chi connectivity index (χ4n) is 4.28. The second-order valence-electron chi connectivity index (χ2n) is 8.60. The van der Waals surface area contributed by atoms with E-state index in [0.29, 0.717) is 19.0 Å². The van der Waals surface area contributed by atoms with Gasteiger partial charge in [-0.15, -0.1) is 0 Å². The minimum Gasteiger partial charge on any atom is -0.497 e. The average Bonchev–Trinajstić information content (AvgIpc) is 3.11. The summed E-state index contributed by atoms with van der Waals surface area (Å²) in [6.07, 6.45) is 1.80. The van der Waals surface area contributed by atoms with Crippen molar-refractivity contribution in [2.75, 3.05) is 20.2 Å². The van der Waals surface area contributed by atoms with Gasteiger partial charge in [0.05, 0.1) is 13.2 Å². The van der Waals surface area contributed by atoms with Crippen LogP contribution in [0.5, 0.6) is 5.75 Å². The van der Waals surface area contributed by atoms with E-state index in [0.717, 1.165) is 35.4 Å². The van der Waals surface area contributed by atoms with Crippen LogP contribution in [0.2, 0.25) is 0 Å². The van der Waals surface area contributed by atoms with E-state index < -0.39 is 0 Å². The van der Waals surface area contributed by atoms with E-state index in [1.165, 1.54) is 16.5 Å². The Morgan fingerprint density at radius 3 is 2.70 bits per heavy atom. The Hall–Kier alpha value is -2.95. The number of rotatable bonds is 5. The van der Waals surface area contributed by atoms with Crippen molar-refractivity contribution < 1.29 is 9.53 Å². The number of urea groups is 1. The molecule has 0 saturated carbocycles. The quantitative estimate of drug-likeness (QED) is 0.614. The van der Waals surface area contributed by atoms with Crippen LogP contribution in [-0.2, 0) is 6.42 Å². The fourth-order valence-corrected chi connectivity index (χ4v) is 4.28. The lowest BCUT2D eigenvalue weighted by atomic mass is 9.92. The number of fused-ring (bicyclic) bond motifs is 3. The summed E-state index contributed by atoms with van der Waals surface area (Å²) in [5.41, 5.74) is 5.80. The first-order valence-electron chi connectivity index (χ1n) is 10.8. The molecule has 158 valence electrons. The van der Waals surface area contributed by atoms with Crippen LogP contribution in [0.3, 0.4) is 0 Å². The topological polar surface area (TPSA) is 57.4 Å². The van der Waals surface area contributed by atoms with Gasteiger partial charge in [-0.25, -0.2) is 4.79 Å². The normalized spacial score (nSPS) is 16.0. The number of nitrogens with one attached hydrogen (secondary N) is 2. The standard InChI is InChI=1S/C25H31N3O2/c1-16(2)11-13-26-25(29)28-14-12-20-21-15-19(30-4)9-10-22(21)27-23(20)24(28)18-7-5-17(3)6-8-18/h5-10,15-16,24,27H,11-14H2,1-4H3,(H,26,29)/t24-/m1/s1. The first-order chi connectivity index (χ1) is 14.5. The number of benzene rings is 2. The zero-order chi connectivity index (χ0) is 21.3. The van der Waals surface area contributed by atoms with E-state index >= 15 is 0 Å². The molecule has 2 aromatic carbocycles. The number of methoxy groups -OCH3 is 1. The number of H-pyrrole nitrogens is 1. The minimum atomic E-state index is -0.133. The Bertz CT molecular complexity index is 1040. The molecular weight excluding hydrogens is 374 g/mol. The van der Waals surface area contributed by atoms with Gasteiger partial charge in [-0.3, -0.25) is 0 Å². The van der Waals surface area contributed by atoms with E-state index in [-0.39, 0.29) is 12.1 Å². The zero-order valence-corrected chi connectivity index (χ0v) is 18.3. The molecule has 1 aromatic heterocycles. The molecule has 0 spiro atoms. The molecule has 30 heavy (non-hydrogen) atoms. The van der Waals surface area contributed by atoms with E-state index in [2.05, 4.69) is 67.5 Å². The van der Waals surface area contributed by atoms with Crippen molar-refractivity contribution in [1.29, 1.82) is 0 Å². The SMILES string of the molecule is COc1ccc2[nH]c3c(c2c1)CCN(C(=O)NCCC(C)C)[C@@H]3c1ccc(C)cc1. The molecule has 5 heteroatoms. The number of amides is 2. The summed E-state index contributed by atoms with van der Waals surface area (Å²) in [5, 5.41) is 4.31.